The monoisotopic (exact) mass is 457 g/mol. The first-order valence-electron chi connectivity index (χ1n) is 9.59. The number of likely N-dealkylation sites (N-methyl/N-ethyl adjacent to an activating group) is 1. The van der Waals surface area contributed by atoms with Crippen LogP contribution in [0, 0.1) is 0 Å². The Morgan fingerprint density at radius 2 is 1.55 bits per heavy atom. The van der Waals surface area contributed by atoms with Crippen molar-refractivity contribution in [2.24, 2.45) is 0 Å². The fourth-order valence-corrected chi connectivity index (χ4v) is 4.02. The molecule has 1 amide bonds. The zero-order chi connectivity index (χ0) is 23.4. The van der Waals surface area contributed by atoms with Gasteiger partial charge in [0.1, 0.15) is 0 Å². The van der Waals surface area contributed by atoms with Gasteiger partial charge < -0.3 is 5.32 Å². The molecule has 2 rings (SSSR count). The first-order valence-corrected chi connectivity index (χ1v) is 11.1. The lowest BCUT2D eigenvalue weighted by Crippen LogP contribution is -2.39. The molecule has 0 spiro atoms. The van der Waals surface area contributed by atoms with Gasteiger partial charge in [0.05, 0.1) is 16.5 Å². The number of hydrogen-bond donors (Lipinski definition) is 2. The number of carbonyl (C=O) groups is 1. The fraction of sp³-hybridized carbons (Fsp3) is 0.381. The van der Waals surface area contributed by atoms with Crippen molar-refractivity contribution in [3.63, 3.8) is 0 Å². The lowest BCUT2D eigenvalue weighted by atomic mass is 10.1. The van der Waals surface area contributed by atoms with Gasteiger partial charge in [0.25, 0.3) is 0 Å². The van der Waals surface area contributed by atoms with E-state index in [9.17, 15) is 26.4 Å². The van der Waals surface area contributed by atoms with Crippen molar-refractivity contribution >= 4 is 21.6 Å². The van der Waals surface area contributed by atoms with Gasteiger partial charge in [0, 0.05) is 18.3 Å². The highest BCUT2D eigenvalue weighted by molar-refractivity contribution is 7.89. The van der Waals surface area contributed by atoms with Crippen molar-refractivity contribution < 1.29 is 26.4 Å². The molecule has 0 unspecified atom stereocenters. The van der Waals surface area contributed by atoms with Crippen LogP contribution in [0.25, 0.3) is 0 Å². The molecule has 6 nitrogen and oxygen atoms in total. The molecule has 0 saturated heterocycles. The third-order valence-corrected chi connectivity index (χ3v) is 6.25. The van der Waals surface area contributed by atoms with Gasteiger partial charge in [0.2, 0.25) is 15.9 Å². The summed E-state index contributed by atoms with van der Waals surface area (Å²) >= 11 is 0. The molecule has 31 heavy (non-hydrogen) atoms. The van der Waals surface area contributed by atoms with Gasteiger partial charge in [-0.25, -0.2) is 13.1 Å². The van der Waals surface area contributed by atoms with Crippen LogP contribution < -0.4 is 10.0 Å². The van der Waals surface area contributed by atoms with E-state index < -0.39 is 27.8 Å². The van der Waals surface area contributed by atoms with Crippen LogP contribution in [0.15, 0.2) is 53.4 Å². The zero-order valence-electron chi connectivity index (χ0n) is 17.7. The Hall–Kier alpha value is -2.43. The first-order chi connectivity index (χ1) is 14.3. The molecule has 2 aromatic rings. The smallest absolute Gasteiger partial charge is 0.325 e. The average Bonchev–Trinajstić information content (AvgIpc) is 2.66. The van der Waals surface area contributed by atoms with Crippen molar-refractivity contribution in [3.8, 4) is 0 Å². The zero-order valence-corrected chi connectivity index (χ0v) is 18.5. The van der Waals surface area contributed by atoms with Crippen molar-refractivity contribution in [1.82, 2.24) is 9.62 Å². The molecule has 0 fully saturated rings. The predicted octanol–water partition coefficient (Wildman–Crippen LogP) is 3.85. The SMILES string of the molecule is CC(C)NS(=O)(=O)c1ccc(NC(=O)[C@@H](C)N(C)Cc2ccc(C(F)(F)F)cc2)cc1. The minimum Gasteiger partial charge on any atom is -0.325 e. The van der Waals surface area contributed by atoms with Crippen LogP contribution >= 0.6 is 0 Å². The summed E-state index contributed by atoms with van der Waals surface area (Å²) < 4.78 is 64.8. The van der Waals surface area contributed by atoms with Crippen molar-refractivity contribution in [3.05, 3.63) is 59.7 Å². The van der Waals surface area contributed by atoms with Gasteiger partial charge in [-0.05, 0) is 69.8 Å². The molecule has 0 aliphatic carbocycles. The number of carbonyl (C=O) groups excluding carboxylic acids is 1. The molecule has 0 bridgehead atoms. The summed E-state index contributed by atoms with van der Waals surface area (Å²) in [5, 5.41) is 2.71. The van der Waals surface area contributed by atoms with Gasteiger partial charge in [-0.2, -0.15) is 13.2 Å². The van der Waals surface area contributed by atoms with Crippen LogP contribution in [0.5, 0.6) is 0 Å². The van der Waals surface area contributed by atoms with Gasteiger partial charge >= 0.3 is 6.18 Å². The van der Waals surface area contributed by atoms with Crippen LogP contribution in [-0.2, 0) is 27.5 Å². The topological polar surface area (TPSA) is 78.5 Å². The van der Waals surface area contributed by atoms with Gasteiger partial charge in [-0.3, -0.25) is 9.69 Å². The second-order valence-corrected chi connectivity index (χ2v) is 9.29. The lowest BCUT2D eigenvalue weighted by molar-refractivity contribution is -0.137. The number of rotatable bonds is 8. The summed E-state index contributed by atoms with van der Waals surface area (Å²) in [6.07, 6.45) is -4.39. The lowest BCUT2D eigenvalue weighted by Gasteiger charge is -2.24. The maximum Gasteiger partial charge on any atom is 0.416 e. The Morgan fingerprint density at radius 3 is 2.03 bits per heavy atom. The highest BCUT2D eigenvalue weighted by atomic mass is 32.2. The summed E-state index contributed by atoms with van der Waals surface area (Å²) in [7, 11) is -1.93. The second kappa shape index (κ2) is 9.80. The van der Waals surface area contributed by atoms with E-state index in [0.717, 1.165) is 12.1 Å². The summed E-state index contributed by atoms with van der Waals surface area (Å²) in [4.78, 5) is 14.3. The van der Waals surface area contributed by atoms with Gasteiger partial charge in [-0.15, -0.1) is 0 Å². The highest BCUT2D eigenvalue weighted by Gasteiger charge is 2.30. The van der Waals surface area contributed by atoms with E-state index in [-0.39, 0.29) is 23.4 Å². The normalized spacial score (nSPS) is 13.5. The van der Waals surface area contributed by atoms with Crippen molar-refractivity contribution in [2.45, 2.75) is 50.5 Å². The predicted molar refractivity (Wildman–Crippen MR) is 113 cm³/mol. The minimum absolute atomic E-state index is 0.0895. The number of anilines is 1. The largest absolute Gasteiger partial charge is 0.416 e. The number of nitrogens with one attached hydrogen (secondary N) is 2. The molecule has 1 atom stereocenters. The molecule has 170 valence electrons. The van der Waals surface area contributed by atoms with Crippen LogP contribution in [-0.4, -0.2) is 38.4 Å². The van der Waals surface area contributed by atoms with E-state index in [2.05, 4.69) is 10.0 Å². The fourth-order valence-electron chi connectivity index (χ4n) is 2.77. The van der Waals surface area contributed by atoms with E-state index in [1.54, 1.807) is 32.7 Å². The number of alkyl halides is 3. The first kappa shape index (κ1) is 24.8. The van der Waals surface area contributed by atoms with E-state index >= 15 is 0 Å². The number of amides is 1. The molecular formula is C21H26F3N3O3S. The minimum atomic E-state index is -4.39. The van der Waals surface area contributed by atoms with Crippen molar-refractivity contribution in [2.75, 3.05) is 12.4 Å². The number of nitrogens with zero attached hydrogens (tertiary/aromatic N) is 1. The molecule has 0 heterocycles. The maximum atomic E-state index is 12.7. The molecular weight excluding hydrogens is 431 g/mol. The quantitative estimate of drug-likeness (QED) is 0.631. The molecule has 2 N–H and O–H groups in total. The number of sulfonamides is 1. The van der Waals surface area contributed by atoms with Gasteiger partial charge in [-0.1, -0.05) is 12.1 Å². The number of halogens is 3. The van der Waals surface area contributed by atoms with Crippen LogP contribution in [0.4, 0.5) is 18.9 Å². The highest BCUT2D eigenvalue weighted by Crippen LogP contribution is 2.29. The Bertz CT molecular complexity index is 989. The molecule has 0 aromatic heterocycles. The summed E-state index contributed by atoms with van der Waals surface area (Å²) in [6.45, 7) is 5.39. The molecule has 0 radical (unpaired) electrons. The van der Waals surface area contributed by atoms with Crippen LogP contribution in [0.2, 0.25) is 0 Å². The summed E-state index contributed by atoms with van der Waals surface area (Å²) in [5.41, 5.74) is 0.351. The van der Waals surface area contributed by atoms with E-state index in [1.807, 2.05) is 0 Å². The summed E-state index contributed by atoms with van der Waals surface area (Å²) in [6, 6.07) is 9.76. The Balaban J connectivity index is 1.98. The molecule has 0 aliphatic heterocycles. The molecule has 10 heteroatoms. The van der Waals surface area contributed by atoms with E-state index in [4.69, 9.17) is 0 Å². The van der Waals surface area contributed by atoms with Crippen LogP contribution in [0.3, 0.4) is 0 Å². The molecule has 2 aromatic carbocycles. The number of hydrogen-bond acceptors (Lipinski definition) is 4. The third kappa shape index (κ3) is 7.05. The van der Waals surface area contributed by atoms with E-state index in [0.29, 0.717) is 11.3 Å². The third-order valence-electron chi connectivity index (χ3n) is 4.58. The van der Waals surface area contributed by atoms with Crippen molar-refractivity contribution in [1.29, 1.82) is 0 Å². The Kier molecular flexibility index (Phi) is 7.85. The molecule has 0 saturated carbocycles. The van der Waals surface area contributed by atoms with Gasteiger partial charge in [0.15, 0.2) is 0 Å². The average molecular weight is 458 g/mol. The molecule has 0 aliphatic rings. The Labute approximate surface area is 180 Å². The Morgan fingerprint density at radius 1 is 1.00 bits per heavy atom. The summed E-state index contributed by atoms with van der Waals surface area (Å²) in [5.74, 6) is -0.328. The van der Waals surface area contributed by atoms with E-state index in [1.165, 1.54) is 36.4 Å². The van der Waals surface area contributed by atoms with Crippen LogP contribution in [0.1, 0.15) is 31.9 Å². The number of benzene rings is 2. The second-order valence-electron chi connectivity index (χ2n) is 7.58. The maximum absolute atomic E-state index is 12.7. The standard InChI is InChI=1S/C21H26F3N3O3S/c1-14(2)26-31(29,30)19-11-9-18(10-12-19)25-20(28)15(3)27(4)13-16-5-7-17(8-6-16)21(22,23)24/h5-12,14-15,26H,13H2,1-4H3,(H,25,28)/t15-/m1/s1.